The molecule has 0 atom stereocenters. The number of hydrogen-bond acceptors (Lipinski definition) is 1. The molecule has 0 unspecified atom stereocenters. The number of rotatable bonds is 1. The van der Waals surface area contributed by atoms with E-state index < -0.39 is 0 Å². The standard InChI is InChI=1S/C9H10O.C2H6.H2/c1-7-3-5-9(6-4-7)8(2)10;1-2;/h3-6H,1-2H3;1-2H3;1H. The first-order valence-electron chi connectivity index (χ1n) is 4.28. The summed E-state index contributed by atoms with van der Waals surface area (Å²) < 4.78 is 0. The minimum absolute atomic E-state index is 0. The molecule has 1 aromatic carbocycles. The zero-order valence-electron chi connectivity index (χ0n) is 8.22. The van der Waals surface area contributed by atoms with Crippen LogP contribution in [0.4, 0.5) is 0 Å². The smallest absolute Gasteiger partial charge is 0.159 e. The van der Waals surface area contributed by atoms with Gasteiger partial charge in [0.1, 0.15) is 0 Å². The van der Waals surface area contributed by atoms with E-state index in [1.807, 2.05) is 45.0 Å². The molecule has 1 aromatic rings. The normalized spacial score (nSPS) is 8.33. The molecule has 1 nitrogen and oxygen atoms in total. The second kappa shape index (κ2) is 5.53. The molecule has 0 aliphatic rings. The van der Waals surface area contributed by atoms with Crippen molar-refractivity contribution in [3.63, 3.8) is 0 Å². The topological polar surface area (TPSA) is 17.1 Å². The Morgan fingerprint density at radius 1 is 1.17 bits per heavy atom. The summed E-state index contributed by atoms with van der Waals surface area (Å²) in [5, 5.41) is 0. The SMILES string of the molecule is CC.CC(=O)c1ccc(C)cc1.[HH]. The van der Waals surface area contributed by atoms with Crippen molar-refractivity contribution in [2.75, 3.05) is 0 Å². The Kier molecular flexibility index (Phi) is 5.02. The summed E-state index contributed by atoms with van der Waals surface area (Å²) >= 11 is 0. The van der Waals surface area contributed by atoms with E-state index in [4.69, 9.17) is 0 Å². The van der Waals surface area contributed by atoms with Crippen LogP contribution in [-0.2, 0) is 0 Å². The van der Waals surface area contributed by atoms with Gasteiger partial charge in [-0.1, -0.05) is 43.7 Å². The fourth-order valence-electron chi connectivity index (χ4n) is 0.788. The van der Waals surface area contributed by atoms with Crippen LogP contribution in [0.5, 0.6) is 0 Å². The summed E-state index contributed by atoms with van der Waals surface area (Å²) in [5.41, 5.74) is 1.97. The van der Waals surface area contributed by atoms with E-state index in [0.717, 1.165) is 5.56 Å². The van der Waals surface area contributed by atoms with Crippen molar-refractivity contribution < 1.29 is 6.22 Å². The Morgan fingerprint density at radius 2 is 1.58 bits per heavy atom. The third kappa shape index (κ3) is 3.33. The molecule has 0 heterocycles. The van der Waals surface area contributed by atoms with Crippen LogP contribution < -0.4 is 0 Å². The van der Waals surface area contributed by atoms with E-state index in [-0.39, 0.29) is 7.21 Å². The number of carbonyl (C=O) groups is 1. The van der Waals surface area contributed by atoms with Gasteiger partial charge in [0, 0.05) is 6.99 Å². The van der Waals surface area contributed by atoms with Gasteiger partial charge in [0.2, 0.25) is 0 Å². The molecular weight excluding hydrogens is 148 g/mol. The minimum Gasteiger partial charge on any atom is -0.295 e. The summed E-state index contributed by atoms with van der Waals surface area (Å²) in [4.78, 5) is 10.8. The molecule has 0 fully saturated rings. The van der Waals surface area contributed by atoms with Gasteiger partial charge in [0.25, 0.3) is 0 Å². The lowest BCUT2D eigenvalue weighted by Gasteiger charge is -1.93. The van der Waals surface area contributed by atoms with Gasteiger partial charge in [-0.2, -0.15) is 0 Å². The zero-order chi connectivity index (χ0) is 9.56. The van der Waals surface area contributed by atoms with Crippen molar-refractivity contribution in [1.29, 1.82) is 0 Å². The average Bonchev–Trinajstić information content (AvgIpc) is 2.09. The van der Waals surface area contributed by atoms with E-state index in [1.165, 1.54) is 5.56 Å². The molecule has 68 valence electrons. The van der Waals surface area contributed by atoms with Crippen LogP contribution in [0, 0.1) is 6.92 Å². The van der Waals surface area contributed by atoms with Crippen molar-refractivity contribution in [3.05, 3.63) is 35.4 Å². The van der Waals surface area contributed by atoms with Crippen LogP contribution in [0.15, 0.2) is 24.3 Å². The molecule has 0 aromatic heterocycles. The van der Waals surface area contributed by atoms with E-state index >= 15 is 0 Å². The van der Waals surface area contributed by atoms with Gasteiger partial charge in [-0.05, 0) is 13.8 Å². The third-order valence-corrected chi connectivity index (χ3v) is 1.46. The number of carbonyl (C=O) groups excluding carboxylic acids is 1. The maximum Gasteiger partial charge on any atom is 0.159 e. The Balaban J connectivity index is 0. The average molecular weight is 166 g/mol. The summed E-state index contributed by atoms with van der Waals surface area (Å²) in [7, 11) is 0. The summed E-state index contributed by atoms with van der Waals surface area (Å²) in [5.74, 6) is 0.125. The molecule has 0 spiro atoms. The quantitative estimate of drug-likeness (QED) is 0.584. The van der Waals surface area contributed by atoms with Crippen LogP contribution in [-0.4, -0.2) is 5.78 Å². The highest BCUT2D eigenvalue weighted by molar-refractivity contribution is 5.93. The van der Waals surface area contributed by atoms with Crippen molar-refractivity contribution in [1.82, 2.24) is 0 Å². The molecule has 0 saturated carbocycles. The summed E-state index contributed by atoms with van der Waals surface area (Å²) in [6.07, 6.45) is 0. The molecule has 0 saturated heterocycles. The molecule has 1 heteroatoms. The fourth-order valence-corrected chi connectivity index (χ4v) is 0.788. The van der Waals surface area contributed by atoms with Gasteiger partial charge < -0.3 is 0 Å². The highest BCUT2D eigenvalue weighted by Crippen LogP contribution is 2.02. The first-order valence-corrected chi connectivity index (χ1v) is 4.28. The largest absolute Gasteiger partial charge is 0.295 e. The van der Waals surface area contributed by atoms with Gasteiger partial charge in [-0.15, -0.1) is 0 Å². The number of Topliss-reactive ketones (excluding diaryl/α,β-unsaturated/α-hetero) is 1. The van der Waals surface area contributed by atoms with Gasteiger partial charge in [-0.3, -0.25) is 4.79 Å². The fraction of sp³-hybridized carbons (Fsp3) is 0.364. The lowest BCUT2D eigenvalue weighted by atomic mass is 10.1. The van der Waals surface area contributed by atoms with Gasteiger partial charge in [0.05, 0.1) is 0 Å². The first kappa shape index (κ1) is 10.9. The highest BCUT2D eigenvalue weighted by atomic mass is 16.1. The van der Waals surface area contributed by atoms with Crippen LogP contribution in [0.1, 0.15) is 38.1 Å². The molecule has 0 amide bonds. The molecule has 0 aliphatic carbocycles. The third-order valence-electron chi connectivity index (χ3n) is 1.46. The summed E-state index contributed by atoms with van der Waals surface area (Å²) in [6.45, 7) is 7.58. The van der Waals surface area contributed by atoms with Crippen LogP contribution in [0.25, 0.3) is 0 Å². The predicted octanol–water partition coefficient (Wildman–Crippen LogP) is 3.47. The maximum atomic E-state index is 10.8. The second-order valence-corrected chi connectivity index (χ2v) is 2.42. The molecule has 0 aliphatic heterocycles. The van der Waals surface area contributed by atoms with Gasteiger partial charge >= 0.3 is 0 Å². The molecule has 12 heavy (non-hydrogen) atoms. The monoisotopic (exact) mass is 166 g/mol. The molecule has 0 N–H and O–H groups in total. The Morgan fingerprint density at radius 3 is 1.92 bits per heavy atom. The number of hydrogen-bond donors (Lipinski definition) is 0. The van der Waals surface area contributed by atoms with Crippen LogP contribution >= 0.6 is 0 Å². The first-order chi connectivity index (χ1) is 5.70. The minimum atomic E-state index is 0. The van der Waals surface area contributed by atoms with Crippen molar-refractivity contribution in [2.24, 2.45) is 0 Å². The van der Waals surface area contributed by atoms with Crippen LogP contribution in [0.2, 0.25) is 0 Å². The second-order valence-electron chi connectivity index (χ2n) is 2.42. The van der Waals surface area contributed by atoms with Crippen molar-refractivity contribution in [2.45, 2.75) is 27.7 Å². The molecule has 0 bridgehead atoms. The van der Waals surface area contributed by atoms with E-state index in [9.17, 15) is 4.79 Å². The Labute approximate surface area is 75.9 Å². The Hall–Kier alpha value is -1.11. The van der Waals surface area contributed by atoms with Crippen LogP contribution in [0.3, 0.4) is 0 Å². The summed E-state index contributed by atoms with van der Waals surface area (Å²) in [6, 6.07) is 7.57. The zero-order valence-corrected chi connectivity index (χ0v) is 8.22. The predicted molar refractivity (Wildman–Crippen MR) is 54.6 cm³/mol. The van der Waals surface area contributed by atoms with E-state index in [2.05, 4.69) is 0 Å². The van der Waals surface area contributed by atoms with E-state index in [1.54, 1.807) is 6.92 Å². The van der Waals surface area contributed by atoms with E-state index in [0.29, 0.717) is 0 Å². The lowest BCUT2D eigenvalue weighted by molar-refractivity contribution is 0.101. The molecular formula is C11H18O. The van der Waals surface area contributed by atoms with Crippen molar-refractivity contribution in [3.8, 4) is 0 Å². The van der Waals surface area contributed by atoms with Crippen molar-refractivity contribution >= 4 is 5.78 Å². The van der Waals surface area contributed by atoms with Gasteiger partial charge in [-0.25, -0.2) is 0 Å². The van der Waals surface area contributed by atoms with Gasteiger partial charge in [0.15, 0.2) is 5.78 Å². The number of aryl methyl sites for hydroxylation is 1. The Bertz CT molecular complexity index is 239. The number of benzene rings is 1. The molecule has 0 radical (unpaired) electrons. The maximum absolute atomic E-state index is 10.8. The lowest BCUT2D eigenvalue weighted by Crippen LogP contribution is -1.90. The highest BCUT2D eigenvalue weighted by Gasteiger charge is 1.95. The number of ketones is 1. The molecule has 1 rings (SSSR count).